The second-order valence-corrected chi connectivity index (χ2v) is 5.11. The number of hydrogen-bond donors (Lipinski definition) is 2. The van der Waals surface area contributed by atoms with Crippen LogP contribution in [0.1, 0.15) is 15.9 Å². The van der Waals surface area contributed by atoms with Gasteiger partial charge in [-0.15, -0.1) is 0 Å². The molecule has 3 N–H and O–H groups in total. The molecular weight excluding hydrogens is 304 g/mol. The number of esters is 1. The second-order valence-electron chi connectivity index (χ2n) is 4.67. The van der Waals surface area contributed by atoms with E-state index >= 15 is 0 Å². The monoisotopic (exact) mass is 318 g/mol. The third-order valence-electron chi connectivity index (χ3n) is 2.99. The average Bonchev–Trinajstić information content (AvgIpc) is 2.47. The van der Waals surface area contributed by atoms with E-state index in [9.17, 15) is 9.59 Å². The molecule has 1 amide bonds. The Balaban J connectivity index is 1.93. The molecule has 0 aromatic heterocycles. The Morgan fingerprint density at radius 3 is 2.64 bits per heavy atom. The fraction of sp³-hybridized carbons (Fsp3) is 0.125. The largest absolute Gasteiger partial charge is 0.452 e. The number of amides is 1. The first-order valence-corrected chi connectivity index (χ1v) is 6.93. The lowest BCUT2D eigenvalue weighted by Gasteiger charge is -2.09. The van der Waals surface area contributed by atoms with Gasteiger partial charge in [-0.25, -0.2) is 4.79 Å². The Morgan fingerprint density at radius 2 is 1.95 bits per heavy atom. The van der Waals surface area contributed by atoms with E-state index in [4.69, 9.17) is 22.1 Å². The van der Waals surface area contributed by atoms with Gasteiger partial charge in [0.15, 0.2) is 6.61 Å². The molecule has 0 heterocycles. The molecular formula is C16H15ClN2O3. The van der Waals surface area contributed by atoms with E-state index in [0.717, 1.165) is 5.56 Å². The van der Waals surface area contributed by atoms with Crippen LogP contribution in [0.4, 0.5) is 11.4 Å². The van der Waals surface area contributed by atoms with Gasteiger partial charge in [0.1, 0.15) is 0 Å². The van der Waals surface area contributed by atoms with Crippen molar-refractivity contribution in [2.24, 2.45) is 0 Å². The maximum absolute atomic E-state index is 11.9. The first-order valence-electron chi connectivity index (χ1n) is 6.55. The third-order valence-corrected chi connectivity index (χ3v) is 3.22. The van der Waals surface area contributed by atoms with Crippen molar-refractivity contribution in [3.05, 3.63) is 58.6 Å². The van der Waals surface area contributed by atoms with Crippen molar-refractivity contribution in [1.29, 1.82) is 0 Å². The SMILES string of the molecule is Cc1ccccc1NC(=O)COC(=O)c1ccc(Cl)cc1N. The van der Waals surface area contributed by atoms with Gasteiger partial charge < -0.3 is 15.8 Å². The van der Waals surface area contributed by atoms with Crippen LogP contribution in [0.2, 0.25) is 5.02 Å². The number of hydrogen-bond acceptors (Lipinski definition) is 4. The van der Waals surface area contributed by atoms with Gasteiger partial charge in [-0.3, -0.25) is 4.79 Å². The molecule has 0 fully saturated rings. The summed E-state index contributed by atoms with van der Waals surface area (Å²) in [5, 5.41) is 3.09. The maximum atomic E-state index is 11.9. The van der Waals surface area contributed by atoms with Crippen LogP contribution in [0.15, 0.2) is 42.5 Å². The molecule has 2 rings (SSSR count). The number of rotatable bonds is 4. The number of nitrogens with one attached hydrogen (secondary N) is 1. The Morgan fingerprint density at radius 1 is 1.23 bits per heavy atom. The molecule has 0 saturated heterocycles. The van der Waals surface area contributed by atoms with Crippen molar-refractivity contribution in [2.45, 2.75) is 6.92 Å². The predicted molar refractivity (Wildman–Crippen MR) is 86.0 cm³/mol. The summed E-state index contributed by atoms with van der Waals surface area (Å²) >= 11 is 5.76. The first-order chi connectivity index (χ1) is 10.5. The van der Waals surface area contributed by atoms with E-state index in [2.05, 4.69) is 5.32 Å². The fourth-order valence-corrected chi connectivity index (χ4v) is 2.01. The lowest BCUT2D eigenvalue weighted by molar-refractivity contribution is -0.119. The highest BCUT2D eigenvalue weighted by molar-refractivity contribution is 6.31. The van der Waals surface area contributed by atoms with Gasteiger partial charge in [0.2, 0.25) is 0 Å². The van der Waals surface area contributed by atoms with E-state index in [1.165, 1.54) is 18.2 Å². The summed E-state index contributed by atoms with van der Waals surface area (Å²) in [7, 11) is 0. The standard InChI is InChI=1S/C16H15ClN2O3/c1-10-4-2-3-5-14(10)19-15(20)9-22-16(21)12-7-6-11(17)8-13(12)18/h2-8H,9,18H2,1H3,(H,19,20). The van der Waals surface area contributed by atoms with Crippen LogP contribution in [0.3, 0.4) is 0 Å². The van der Waals surface area contributed by atoms with Crippen LogP contribution >= 0.6 is 11.6 Å². The number of ether oxygens (including phenoxy) is 1. The topological polar surface area (TPSA) is 81.4 Å². The van der Waals surface area contributed by atoms with Crippen molar-refractivity contribution < 1.29 is 14.3 Å². The minimum atomic E-state index is -0.672. The summed E-state index contributed by atoms with van der Waals surface area (Å²) < 4.78 is 4.95. The summed E-state index contributed by atoms with van der Waals surface area (Å²) in [6.07, 6.45) is 0. The number of nitrogens with two attached hydrogens (primary N) is 1. The lowest BCUT2D eigenvalue weighted by atomic mass is 10.2. The van der Waals surface area contributed by atoms with Crippen LogP contribution in [-0.4, -0.2) is 18.5 Å². The normalized spacial score (nSPS) is 10.1. The summed E-state index contributed by atoms with van der Waals surface area (Å²) in [5.74, 6) is -1.09. The zero-order valence-electron chi connectivity index (χ0n) is 11.9. The fourth-order valence-electron chi connectivity index (χ4n) is 1.83. The Bertz CT molecular complexity index is 716. The van der Waals surface area contributed by atoms with Crippen molar-refractivity contribution in [1.82, 2.24) is 0 Å². The third kappa shape index (κ3) is 3.99. The highest BCUT2D eigenvalue weighted by Crippen LogP contribution is 2.19. The summed E-state index contributed by atoms with van der Waals surface area (Å²) in [6, 6.07) is 11.8. The van der Waals surface area contributed by atoms with Crippen molar-refractivity contribution in [3.63, 3.8) is 0 Å². The molecule has 0 radical (unpaired) electrons. The lowest BCUT2D eigenvalue weighted by Crippen LogP contribution is -2.21. The van der Waals surface area contributed by atoms with Crippen LogP contribution in [0.25, 0.3) is 0 Å². The van der Waals surface area contributed by atoms with Gasteiger partial charge in [0.05, 0.1) is 5.56 Å². The van der Waals surface area contributed by atoms with Gasteiger partial charge in [0, 0.05) is 16.4 Å². The maximum Gasteiger partial charge on any atom is 0.340 e. The smallest absolute Gasteiger partial charge is 0.340 e. The molecule has 0 spiro atoms. The van der Waals surface area contributed by atoms with E-state index < -0.39 is 18.5 Å². The second kappa shape index (κ2) is 6.95. The number of carbonyl (C=O) groups is 2. The number of halogens is 1. The Hall–Kier alpha value is -2.53. The summed E-state index contributed by atoms with van der Waals surface area (Å²) in [4.78, 5) is 23.7. The van der Waals surface area contributed by atoms with Crippen LogP contribution in [0, 0.1) is 6.92 Å². The molecule has 2 aromatic carbocycles. The minimum Gasteiger partial charge on any atom is -0.452 e. The molecule has 22 heavy (non-hydrogen) atoms. The van der Waals surface area contributed by atoms with Gasteiger partial charge >= 0.3 is 5.97 Å². The van der Waals surface area contributed by atoms with Crippen LogP contribution < -0.4 is 11.1 Å². The first kappa shape index (κ1) is 15.9. The van der Waals surface area contributed by atoms with Gasteiger partial charge in [-0.1, -0.05) is 29.8 Å². The molecule has 0 saturated carbocycles. The highest BCUT2D eigenvalue weighted by Gasteiger charge is 2.14. The van der Waals surface area contributed by atoms with Gasteiger partial charge in [-0.2, -0.15) is 0 Å². The molecule has 0 aliphatic carbocycles. The summed E-state index contributed by atoms with van der Waals surface area (Å²) in [6.45, 7) is 1.48. The Kier molecular flexibility index (Phi) is 5.01. The van der Waals surface area contributed by atoms with E-state index in [1.54, 1.807) is 6.07 Å². The zero-order chi connectivity index (χ0) is 16.1. The Labute approximate surface area is 133 Å². The average molecular weight is 319 g/mol. The van der Waals surface area contributed by atoms with Crippen molar-refractivity contribution in [3.8, 4) is 0 Å². The summed E-state index contributed by atoms with van der Waals surface area (Å²) in [5.41, 5.74) is 7.66. The number of nitrogen functional groups attached to an aromatic ring is 1. The molecule has 5 nitrogen and oxygen atoms in total. The molecule has 0 atom stereocenters. The number of anilines is 2. The van der Waals surface area contributed by atoms with Crippen molar-refractivity contribution in [2.75, 3.05) is 17.7 Å². The zero-order valence-corrected chi connectivity index (χ0v) is 12.7. The molecule has 0 aliphatic rings. The number of para-hydroxylation sites is 1. The predicted octanol–water partition coefficient (Wildman–Crippen LogP) is 3.03. The van der Waals surface area contributed by atoms with Crippen LogP contribution in [-0.2, 0) is 9.53 Å². The number of aryl methyl sites for hydroxylation is 1. The molecule has 114 valence electrons. The van der Waals surface area contributed by atoms with Gasteiger partial charge in [0.25, 0.3) is 5.91 Å². The molecule has 0 unspecified atom stereocenters. The van der Waals surface area contributed by atoms with E-state index in [-0.39, 0.29) is 11.3 Å². The quantitative estimate of drug-likeness (QED) is 0.670. The minimum absolute atomic E-state index is 0.174. The molecule has 6 heteroatoms. The molecule has 0 bridgehead atoms. The molecule has 0 aliphatic heterocycles. The molecule has 2 aromatic rings. The van der Waals surface area contributed by atoms with E-state index in [0.29, 0.717) is 10.7 Å². The highest BCUT2D eigenvalue weighted by atomic mass is 35.5. The van der Waals surface area contributed by atoms with Crippen molar-refractivity contribution >= 4 is 34.9 Å². The van der Waals surface area contributed by atoms with Gasteiger partial charge in [-0.05, 0) is 36.8 Å². The number of benzene rings is 2. The number of carbonyl (C=O) groups excluding carboxylic acids is 2. The van der Waals surface area contributed by atoms with Crippen LogP contribution in [0.5, 0.6) is 0 Å². The van der Waals surface area contributed by atoms with E-state index in [1.807, 2.05) is 25.1 Å².